The van der Waals surface area contributed by atoms with E-state index in [2.05, 4.69) is 21.2 Å². The molecule has 6 heteroatoms. The van der Waals surface area contributed by atoms with Crippen LogP contribution in [0.2, 0.25) is 0 Å². The van der Waals surface area contributed by atoms with Crippen molar-refractivity contribution < 1.29 is 19.1 Å². The molecule has 144 valence electrons. The van der Waals surface area contributed by atoms with Crippen LogP contribution in [0.1, 0.15) is 57.6 Å². The molecule has 0 aromatic heterocycles. The standard InChI is InChI=1S/C20H28BrNO4/c1-19(2,3)26-18(24)22-16-9-11-20(12-10-16,17(23)25-4)15-7-5-14(13-21)6-8-15/h5-8,16H,9-13H2,1-4H3,(H,22,24). The summed E-state index contributed by atoms with van der Waals surface area (Å²) in [6.07, 6.45) is 2.26. The molecule has 2 rings (SSSR count). The number of carbonyl (C=O) groups is 2. The van der Waals surface area contributed by atoms with Gasteiger partial charge in [-0.3, -0.25) is 4.79 Å². The summed E-state index contributed by atoms with van der Waals surface area (Å²) in [4.78, 5) is 24.6. The number of halogens is 1. The first kappa shape index (κ1) is 20.7. The molecule has 1 aliphatic carbocycles. The average molecular weight is 426 g/mol. The summed E-state index contributed by atoms with van der Waals surface area (Å²) in [6.45, 7) is 5.52. The molecule has 0 unspecified atom stereocenters. The summed E-state index contributed by atoms with van der Waals surface area (Å²) in [5.41, 5.74) is 0.969. The van der Waals surface area contributed by atoms with Crippen LogP contribution in [0, 0.1) is 0 Å². The Kier molecular flexibility index (Phi) is 6.72. The van der Waals surface area contributed by atoms with E-state index in [1.165, 1.54) is 7.11 Å². The number of nitrogens with one attached hydrogen (secondary N) is 1. The number of amides is 1. The van der Waals surface area contributed by atoms with Crippen LogP contribution in [-0.2, 0) is 25.0 Å². The van der Waals surface area contributed by atoms with E-state index in [0.717, 1.165) is 16.5 Å². The van der Waals surface area contributed by atoms with Gasteiger partial charge in [0.15, 0.2) is 0 Å². The van der Waals surface area contributed by atoms with Gasteiger partial charge >= 0.3 is 12.1 Å². The fourth-order valence-electron chi connectivity index (χ4n) is 3.45. The number of esters is 1. The number of benzene rings is 1. The van der Waals surface area contributed by atoms with Gasteiger partial charge in [0.2, 0.25) is 0 Å². The van der Waals surface area contributed by atoms with Crippen molar-refractivity contribution in [2.75, 3.05) is 7.11 Å². The topological polar surface area (TPSA) is 64.6 Å². The highest BCUT2D eigenvalue weighted by Gasteiger charge is 2.44. The Bertz CT molecular complexity index is 628. The second-order valence-corrected chi connectivity index (χ2v) is 8.39. The summed E-state index contributed by atoms with van der Waals surface area (Å²) in [5.74, 6) is -0.209. The molecule has 1 amide bonds. The molecule has 0 aliphatic heterocycles. The van der Waals surface area contributed by atoms with Crippen LogP contribution in [0.4, 0.5) is 4.79 Å². The second kappa shape index (κ2) is 8.42. The molecule has 1 aromatic carbocycles. The van der Waals surface area contributed by atoms with E-state index in [9.17, 15) is 9.59 Å². The van der Waals surface area contributed by atoms with E-state index in [4.69, 9.17) is 9.47 Å². The van der Waals surface area contributed by atoms with E-state index in [-0.39, 0.29) is 12.0 Å². The predicted molar refractivity (Wildman–Crippen MR) is 104 cm³/mol. The lowest BCUT2D eigenvalue weighted by Crippen LogP contribution is -2.47. The minimum Gasteiger partial charge on any atom is -0.468 e. The van der Waals surface area contributed by atoms with Gasteiger partial charge in [0.1, 0.15) is 5.60 Å². The van der Waals surface area contributed by atoms with Gasteiger partial charge in [-0.05, 0) is 57.6 Å². The highest BCUT2D eigenvalue weighted by atomic mass is 79.9. The minimum absolute atomic E-state index is 0.00412. The van der Waals surface area contributed by atoms with Crippen molar-refractivity contribution in [2.24, 2.45) is 0 Å². The molecule has 1 aliphatic rings. The van der Waals surface area contributed by atoms with Crippen molar-refractivity contribution in [3.05, 3.63) is 35.4 Å². The zero-order chi connectivity index (χ0) is 19.4. The van der Waals surface area contributed by atoms with E-state index >= 15 is 0 Å². The van der Waals surface area contributed by atoms with E-state index < -0.39 is 17.1 Å². The molecule has 1 N–H and O–H groups in total. The molecule has 0 saturated heterocycles. The van der Waals surface area contributed by atoms with Gasteiger partial charge in [0.25, 0.3) is 0 Å². The molecule has 0 bridgehead atoms. The first-order valence-corrected chi connectivity index (χ1v) is 10.1. The van der Waals surface area contributed by atoms with Gasteiger partial charge in [-0.2, -0.15) is 0 Å². The number of alkyl carbamates (subject to hydrolysis) is 1. The number of ether oxygens (including phenoxy) is 2. The summed E-state index contributed by atoms with van der Waals surface area (Å²) in [6, 6.07) is 8.08. The molecular formula is C20H28BrNO4. The van der Waals surface area contributed by atoms with Crippen LogP contribution in [0.5, 0.6) is 0 Å². The van der Waals surface area contributed by atoms with E-state index in [1.807, 2.05) is 45.0 Å². The molecule has 26 heavy (non-hydrogen) atoms. The Morgan fingerprint density at radius 3 is 2.23 bits per heavy atom. The fourth-order valence-corrected chi connectivity index (χ4v) is 3.82. The summed E-state index contributed by atoms with van der Waals surface area (Å²) < 4.78 is 10.5. The predicted octanol–water partition coefficient (Wildman–Crippen LogP) is 4.46. The van der Waals surface area contributed by atoms with Gasteiger partial charge in [0, 0.05) is 11.4 Å². The van der Waals surface area contributed by atoms with E-state index in [1.54, 1.807) is 0 Å². The van der Waals surface area contributed by atoms with Crippen LogP contribution in [-0.4, -0.2) is 30.8 Å². The van der Waals surface area contributed by atoms with Crippen LogP contribution in [0.25, 0.3) is 0 Å². The highest BCUT2D eigenvalue weighted by Crippen LogP contribution is 2.41. The maximum Gasteiger partial charge on any atom is 0.407 e. The molecule has 0 spiro atoms. The van der Waals surface area contributed by atoms with Crippen molar-refractivity contribution >= 4 is 28.0 Å². The number of carbonyl (C=O) groups excluding carboxylic acids is 2. The maximum atomic E-state index is 12.6. The Morgan fingerprint density at radius 2 is 1.77 bits per heavy atom. The van der Waals surface area contributed by atoms with Crippen molar-refractivity contribution in [1.82, 2.24) is 5.32 Å². The second-order valence-electron chi connectivity index (χ2n) is 7.82. The smallest absolute Gasteiger partial charge is 0.407 e. The van der Waals surface area contributed by atoms with Gasteiger partial charge in [-0.25, -0.2) is 4.79 Å². The van der Waals surface area contributed by atoms with Crippen LogP contribution in [0.3, 0.4) is 0 Å². The quantitative estimate of drug-likeness (QED) is 0.571. The number of hydrogen-bond donors (Lipinski definition) is 1. The summed E-state index contributed by atoms with van der Waals surface area (Å²) in [7, 11) is 1.43. The molecule has 1 saturated carbocycles. The monoisotopic (exact) mass is 425 g/mol. The normalized spacial score (nSPS) is 23.2. The molecule has 5 nitrogen and oxygen atoms in total. The Morgan fingerprint density at radius 1 is 1.19 bits per heavy atom. The average Bonchev–Trinajstić information content (AvgIpc) is 2.60. The van der Waals surface area contributed by atoms with Crippen LogP contribution < -0.4 is 5.32 Å². The highest BCUT2D eigenvalue weighted by molar-refractivity contribution is 9.08. The molecule has 0 heterocycles. The number of alkyl halides is 1. The first-order chi connectivity index (χ1) is 12.2. The molecule has 1 aromatic rings. The van der Waals surface area contributed by atoms with Gasteiger partial charge in [0.05, 0.1) is 12.5 Å². The third-order valence-electron chi connectivity index (χ3n) is 4.80. The van der Waals surface area contributed by atoms with Crippen LogP contribution in [0.15, 0.2) is 24.3 Å². The maximum absolute atomic E-state index is 12.6. The zero-order valence-electron chi connectivity index (χ0n) is 15.9. The largest absolute Gasteiger partial charge is 0.468 e. The van der Waals surface area contributed by atoms with Crippen molar-refractivity contribution in [1.29, 1.82) is 0 Å². The van der Waals surface area contributed by atoms with E-state index in [0.29, 0.717) is 25.7 Å². The number of methoxy groups -OCH3 is 1. The number of rotatable bonds is 4. The van der Waals surface area contributed by atoms with Gasteiger partial charge < -0.3 is 14.8 Å². The molecule has 1 fully saturated rings. The lowest BCUT2D eigenvalue weighted by atomic mass is 9.68. The molecule has 0 atom stereocenters. The lowest BCUT2D eigenvalue weighted by molar-refractivity contribution is -0.149. The third kappa shape index (κ3) is 5.00. The first-order valence-electron chi connectivity index (χ1n) is 8.93. The minimum atomic E-state index is -0.647. The zero-order valence-corrected chi connectivity index (χ0v) is 17.5. The Hall–Kier alpha value is -1.56. The number of hydrogen-bond acceptors (Lipinski definition) is 4. The molecule has 0 radical (unpaired) electrons. The van der Waals surface area contributed by atoms with Crippen molar-refractivity contribution in [3.8, 4) is 0 Å². The van der Waals surface area contributed by atoms with Crippen LogP contribution >= 0.6 is 15.9 Å². The van der Waals surface area contributed by atoms with Crippen molar-refractivity contribution in [3.63, 3.8) is 0 Å². The Labute approximate surface area is 164 Å². The third-order valence-corrected chi connectivity index (χ3v) is 5.44. The lowest BCUT2D eigenvalue weighted by Gasteiger charge is -2.38. The SMILES string of the molecule is COC(=O)C1(c2ccc(CBr)cc2)CCC(NC(=O)OC(C)(C)C)CC1. The summed E-state index contributed by atoms with van der Waals surface area (Å²) >= 11 is 3.44. The fraction of sp³-hybridized carbons (Fsp3) is 0.600. The Balaban J connectivity index is 2.09. The summed E-state index contributed by atoms with van der Waals surface area (Å²) in [5, 5.41) is 3.70. The molecular weight excluding hydrogens is 398 g/mol. The van der Waals surface area contributed by atoms with Crippen molar-refractivity contribution in [2.45, 2.75) is 68.8 Å². The van der Waals surface area contributed by atoms with Gasteiger partial charge in [-0.15, -0.1) is 0 Å². The van der Waals surface area contributed by atoms with Gasteiger partial charge in [-0.1, -0.05) is 40.2 Å².